The minimum absolute atomic E-state index is 0.0178. The molecule has 28 heavy (non-hydrogen) atoms. The maximum absolute atomic E-state index is 13.0. The number of carbonyl (C=O) groups excluding carboxylic acids is 1. The highest BCUT2D eigenvalue weighted by atomic mass is 16.3. The minimum atomic E-state index is -0.869. The van der Waals surface area contributed by atoms with Gasteiger partial charge in [-0.05, 0) is 53.8 Å². The Morgan fingerprint density at radius 3 is 2.18 bits per heavy atom. The van der Waals surface area contributed by atoms with E-state index in [2.05, 4.69) is 0 Å². The van der Waals surface area contributed by atoms with Crippen LogP contribution in [0.25, 0.3) is 11.1 Å². The average molecular weight is 373 g/mol. The van der Waals surface area contributed by atoms with E-state index in [-0.39, 0.29) is 11.7 Å². The summed E-state index contributed by atoms with van der Waals surface area (Å²) in [5.74, 6) is 0.200. The van der Waals surface area contributed by atoms with Gasteiger partial charge in [-0.15, -0.1) is 0 Å². The van der Waals surface area contributed by atoms with E-state index in [1.54, 1.807) is 12.1 Å². The van der Waals surface area contributed by atoms with Crippen molar-refractivity contribution in [1.29, 1.82) is 0 Å². The fourth-order valence-corrected chi connectivity index (χ4v) is 3.79. The summed E-state index contributed by atoms with van der Waals surface area (Å²) in [6.07, 6.45) is 1.06. The zero-order valence-electron chi connectivity index (χ0n) is 15.6. The maximum Gasteiger partial charge on any atom is 0.253 e. The van der Waals surface area contributed by atoms with Crippen molar-refractivity contribution in [2.24, 2.45) is 0 Å². The topological polar surface area (TPSA) is 60.8 Å². The molecule has 0 atom stereocenters. The van der Waals surface area contributed by atoms with Gasteiger partial charge in [-0.2, -0.15) is 0 Å². The third-order valence-corrected chi connectivity index (χ3v) is 5.50. The number of amides is 1. The zero-order valence-corrected chi connectivity index (χ0v) is 15.6. The van der Waals surface area contributed by atoms with Crippen molar-refractivity contribution in [2.75, 3.05) is 13.1 Å². The molecule has 3 aromatic rings. The molecule has 4 heteroatoms. The van der Waals surface area contributed by atoms with Crippen LogP contribution in [0.4, 0.5) is 0 Å². The predicted molar refractivity (Wildman–Crippen MR) is 109 cm³/mol. The number of piperidine rings is 1. The highest BCUT2D eigenvalue weighted by Gasteiger charge is 2.35. The van der Waals surface area contributed by atoms with Gasteiger partial charge in [0, 0.05) is 18.7 Å². The van der Waals surface area contributed by atoms with Crippen molar-refractivity contribution >= 4 is 5.91 Å². The molecule has 2 N–H and O–H groups in total. The van der Waals surface area contributed by atoms with Crippen molar-refractivity contribution < 1.29 is 15.0 Å². The number of carbonyl (C=O) groups is 1. The molecule has 1 amide bonds. The lowest BCUT2D eigenvalue weighted by Gasteiger charge is -2.38. The maximum atomic E-state index is 13.0. The molecule has 0 aliphatic carbocycles. The van der Waals surface area contributed by atoms with Crippen LogP contribution in [0.15, 0.2) is 78.9 Å². The number of rotatable bonds is 3. The van der Waals surface area contributed by atoms with Crippen LogP contribution < -0.4 is 0 Å². The van der Waals surface area contributed by atoms with Crippen LogP contribution in [-0.4, -0.2) is 34.1 Å². The van der Waals surface area contributed by atoms with Crippen LogP contribution in [0.3, 0.4) is 0 Å². The second-order valence-corrected chi connectivity index (χ2v) is 7.32. The van der Waals surface area contributed by atoms with Crippen molar-refractivity contribution in [2.45, 2.75) is 18.4 Å². The number of nitrogens with zero attached hydrogens (tertiary/aromatic N) is 1. The van der Waals surface area contributed by atoms with Gasteiger partial charge in [0.25, 0.3) is 5.91 Å². The van der Waals surface area contributed by atoms with E-state index in [1.807, 2.05) is 71.6 Å². The molecule has 0 spiro atoms. The molecule has 0 radical (unpaired) electrons. The van der Waals surface area contributed by atoms with E-state index in [9.17, 15) is 15.0 Å². The van der Waals surface area contributed by atoms with Crippen LogP contribution in [0, 0.1) is 0 Å². The van der Waals surface area contributed by atoms with Gasteiger partial charge in [0.15, 0.2) is 0 Å². The Labute approximate surface area is 164 Å². The van der Waals surface area contributed by atoms with E-state index in [0.717, 1.165) is 16.7 Å². The summed E-state index contributed by atoms with van der Waals surface area (Å²) in [4.78, 5) is 14.8. The predicted octanol–water partition coefficient (Wildman–Crippen LogP) is 4.18. The van der Waals surface area contributed by atoms with Gasteiger partial charge >= 0.3 is 0 Å². The Bertz CT molecular complexity index is 959. The van der Waals surface area contributed by atoms with E-state index < -0.39 is 5.60 Å². The van der Waals surface area contributed by atoms with Gasteiger partial charge in [0.2, 0.25) is 0 Å². The van der Waals surface area contributed by atoms with Gasteiger partial charge in [-0.1, -0.05) is 54.6 Å². The molecule has 1 heterocycles. The molecule has 1 aliphatic heterocycles. The lowest BCUT2D eigenvalue weighted by molar-refractivity contribution is -0.0211. The van der Waals surface area contributed by atoms with Crippen molar-refractivity contribution in [3.05, 3.63) is 90.0 Å². The third kappa shape index (κ3) is 3.64. The molecule has 4 nitrogen and oxygen atoms in total. The highest BCUT2D eigenvalue weighted by molar-refractivity contribution is 5.95. The standard InChI is InChI=1S/C24H23NO3/c26-22-11-9-18(10-12-22)19-5-4-6-20(17-19)23(27)25-15-13-24(28,14-16-25)21-7-2-1-3-8-21/h1-12,17,26,28H,13-16H2. The molecule has 4 rings (SSSR count). The summed E-state index contributed by atoms with van der Waals surface area (Å²) < 4.78 is 0. The fourth-order valence-electron chi connectivity index (χ4n) is 3.79. The van der Waals surface area contributed by atoms with E-state index in [4.69, 9.17) is 0 Å². The van der Waals surface area contributed by atoms with E-state index in [0.29, 0.717) is 31.5 Å². The minimum Gasteiger partial charge on any atom is -0.508 e. The molecule has 0 saturated carbocycles. The molecular weight excluding hydrogens is 350 g/mol. The first-order chi connectivity index (χ1) is 13.5. The molecule has 0 unspecified atom stereocenters. The molecule has 1 saturated heterocycles. The largest absolute Gasteiger partial charge is 0.508 e. The monoisotopic (exact) mass is 373 g/mol. The Balaban J connectivity index is 1.49. The van der Waals surface area contributed by atoms with Gasteiger partial charge in [-0.25, -0.2) is 0 Å². The van der Waals surface area contributed by atoms with Crippen LogP contribution in [-0.2, 0) is 5.60 Å². The summed E-state index contributed by atoms with van der Waals surface area (Å²) >= 11 is 0. The summed E-state index contributed by atoms with van der Waals surface area (Å²) in [7, 11) is 0. The molecule has 1 aliphatic rings. The zero-order chi connectivity index (χ0) is 19.6. The Kier molecular flexibility index (Phi) is 4.88. The molecule has 0 aromatic heterocycles. The number of hydrogen-bond acceptors (Lipinski definition) is 3. The average Bonchev–Trinajstić information content (AvgIpc) is 2.75. The number of phenols is 1. The van der Waals surface area contributed by atoms with Gasteiger partial charge in [0.05, 0.1) is 5.60 Å². The smallest absolute Gasteiger partial charge is 0.253 e. The second-order valence-electron chi connectivity index (χ2n) is 7.32. The van der Waals surface area contributed by atoms with E-state index >= 15 is 0 Å². The summed E-state index contributed by atoms with van der Waals surface area (Å²) in [6, 6.07) is 24.2. The summed E-state index contributed by atoms with van der Waals surface area (Å²) in [6.45, 7) is 1.04. The van der Waals surface area contributed by atoms with Gasteiger partial charge in [0.1, 0.15) is 5.75 Å². The lowest BCUT2D eigenvalue weighted by atomic mass is 9.84. The van der Waals surface area contributed by atoms with Crippen LogP contribution in [0.2, 0.25) is 0 Å². The first kappa shape index (κ1) is 18.3. The van der Waals surface area contributed by atoms with E-state index in [1.165, 1.54) is 0 Å². The molecule has 1 fully saturated rings. The SMILES string of the molecule is O=C(c1cccc(-c2ccc(O)cc2)c1)N1CCC(O)(c2ccccc2)CC1. The number of hydrogen-bond donors (Lipinski definition) is 2. The van der Waals surface area contributed by atoms with Crippen molar-refractivity contribution in [3.8, 4) is 16.9 Å². The number of likely N-dealkylation sites (tertiary alicyclic amines) is 1. The number of phenolic OH excluding ortho intramolecular Hbond substituents is 1. The van der Waals surface area contributed by atoms with Gasteiger partial charge < -0.3 is 15.1 Å². The first-order valence-corrected chi connectivity index (χ1v) is 9.52. The normalized spacial score (nSPS) is 16.0. The van der Waals surface area contributed by atoms with Crippen molar-refractivity contribution in [3.63, 3.8) is 0 Å². The first-order valence-electron chi connectivity index (χ1n) is 9.52. The molecular formula is C24H23NO3. The van der Waals surface area contributed by atoms with Gasteiger partial charge in [-0.3, -0.25) is 4.79 Å². The van der Waals surface area contributed by atoms with Crippen LogP contribution in [0.5, 0.6) is 5.75 Å². The third-order valence-electron chi connectivity index (χ3n) is 5.50. The Hall–Kier alpha value is -3.11. The fraction of sp³-hybridized carbons (Fsp3) is 0.208. The number of aliphatic hydroxyl groups is 1. The molecule has 142 valence electrons. The summed E-state index contributed by atoms with van der Waals surface area (Å²) in [5.41, 5.74) is 2.56. The Morgan fingerprint density at radius 2 is 1.50 bits per heavy atom. The second kappa shape index (κ2) is 7.49. The highest BCUT2D eigenvalue weighted by Crippen LogP contribution is 2.33. The van der Waals surface area contributed by atoms with Crippen LogP contribution in [0.1, 0.15) is 28.8 Å². The lowest BCUT2D eigenvalue weighted by Crippen LogP contribution is -2.45. The molecule has 0 bridgehead atoms. The van der Waals surface area contributed by atoms with Crippen LogP contribution >= 0.6 is 0 Å². The molecule has 3 aromatic carbocycles. The number of aromatic hydroxyl groups is 1. The number of benzene rings is 3. The Morgan fingerprint density at radius 1 is 0.821 bits per heavy atom. The summed E-state index contributed by atoms with van der Waals surface area (Å²) in [5, 5.41) is 20.4. The van der Waals surface area contributed by atoms with Crippen molar-refractivity contribution in [1.82, 2.24) is 4.90 Å². The quantitative estimate of drug-likeness (QED) is 0.724.